The number of hydrogen-bond acceptors (Lipinski definition) is 2. The number of rotatable bonds is 0. The Labute approximate surface area is 75.8 Å². The predicted octanol–water partition coefficient (Wildman–Crippen LogP) is 2.54. The molecule has 10 heavy (non-hydrogen) atoms. The number of fused-ring (bicyclic) bond motifs is 1. The number of aryl methyl sites for hydroxylation is 1. The molecule has 52 valence electrons. The highest BCUT2D eigenvalue weighted by atomic mass is 127. The lowest BCUT2D eigenvalue weighted by atomic mass is 10.4. The van der Waals surface area contributed by atoms with E-state index in [1.54, 1.807) is 11.3 Å². The summed E-state index contributed by atoms with van der Waals surface area (Å²) in [6, 6.07) is 2.12. The largest absolute Gasteiger partial charge is 0.276 e. The molecule has 0 saturated heterocycles. The second-order valence-corrected chi connectivity index (χ2v) is 4.39. The Hall–Kier alpha value is -0.100. The van der Waals surface area contributed by atoms with Crippen molar-refractivity contribution in [3.05, 3.63) is 14.6 Å². The number of aromatic amines is 1. The van der Waals surface area contributed by atoms with Crippen molar-refractivity contribution < 1.29 is 0 Å². The zero-order valence-electron chi connectivity index (χ0n) is 5.31. The summed E-state index contributed by atoms with van der Waals surface area (Å²) >= 11 is 4.02. The minimum absolute atomic E-state index is 1.07. The van der Waals surface area contributed by atoms with Gasteiger partial charge in [0.2, 0.25) is 0 Å². The maximum atomic E-state index is 4.07. The van der Waals surface area contributed by atoms with Gasteiger partial charge < -0.3 is 0 Å². The van der Waals surface area contributed by atoms with Crippen molar-refractivity contribution in [3.8, 4) is 0 Å². The third kappa shape index (κ3) is 0.861. The molecular formula is C6H5IN2S. The van der Waals surface area contributed by atoms with Crippen LogP contribution in [-0.2, 0) is 0 Å². The van der Waals surface area contributed by atoms with E-state index in [1.807, 2.05) is 0 Å². The summed E-state index contributed by atoms with van der Waals surface area (Å²) in [5, 5.41) is 7.03. The lowest BCUT2D eigenvalue weighted by Gasteiger charge is -1.74. The molecule has 4 heteroatoms. The monoisotopic (exact) mass is 264 g/mol. The molecule has 0 fully saturated rings. The van der Waals surface area contributed by atoms with Gasteiger partial charge in [-0.3, -0.25) is 5.10 Å². The van der Waals surface area contributed by atoms with Gasteiger partial charge in [-0.05, 0) is 35.6 Å². The Kier molecular flexibility index (Phi) is 1.45. The highest BCUT2D eigenvalue weighted by Gasteiger charge is 2.04. The summed E-state index contributed by atoms with van der Waals surface area (Å²) in [4.78, 5) is 1.33. The van der Waals surface area contributed by atoms with Gasteiger partial charge >= 0.3 is 0 Å². The molecule has 0 radical (unpaired) electrons. The second-order valence-electron chi connectivity index (χ2n) is 2.11. The molecule has 0 aromatic carbocycles. The molecular weight excluding hydrogens is 259 g/mol. The molecule has 0 unspecified atom stereocenters. The van der Waals surface area contributed by atoms with Gasteiger partial charge in [0.15, 0.2) is 0 Å². The summed E-state index contributed by atoms with van der Waals surface area (Å²) < 4.78 is 2.35. The van der Waals surface area contributed by atoms with Crippen LogP contribution in [0, 0.1) is 10.6 Å². The fourth-order valence-corrected chi connectivity index (χ4v) is 2.50. The third-order valence-electron chi connectivity index (χ3n) is 1.32. The minimum Gasteiger partial charge on any atom is -0.276 e. The van der Waals surface area contributed by atoms with Crippen molar-refractivity contribution in [2.45, 2.75) is 6.92 Å². The number of nitrogens with one attached hydrogen (secondary N) is 1. The van der Waals surface area contributed by atoms with Gasteiger partial charge in [-0.1, -0.05) is 0 Å². The Morgan fingerprint density at radius 3 is 3.20 bits per heavy atom. The van der Waals surface area contributed by atoms with Crippen LogP contribution in [0.1, 0.15) is 4.88 Å². The minimum atomic E-state index is 1.07. The number of aromatic nitrogens is 2. The van der Waals surface area contributed by atoms with E-state index in [4.69, 9.17) is 0 Å². The topological polar surface area (TPSA) is 28.7 Å². The number of halogens is 1. The van der Waals surface area contributed by atoms with E-state index < -0.39 is 0 Å². The van der Waals surface area contributed by atoms with E-state index in [9.17, 15) is 0 Å². The van der Waals surface area contributed by atoms with Gasteiger partial charge in [-0.25, -0.2) is 0 Å². The van der Waals surface area contributed by atoms with Crippen LogP contribution in [0.5, 0.6) is 0 Å². The number of nitrogens with zero attached hydrogens (tertiary/aromatic N) is 1. The normalized spacial score (nSPS) is 11.0. The fraction of sp³-hybridized carbons (Fsp3) is 0.167. The van der Waals surface area contributed by atoms with Crippen LogP contribution in [0.4, 0.5) is 0 Å². The molecule has 0 aliphatic carbocycles. The SMILES string of the molecule is Cc1cc2[nH]nc(I)c2s1. The highest BCUT2D eigenvalue weighted by Crippen LogP contribution is 2.26. The molecule has 2 nitrogen and oxygen atoms in total. The van der Waals surface area contributed by atoms with Crippen LogP contribution >= 0.6 is 33.9 Å². The molecule has 0 aliphatic heterocycles. The van der Waals surface area contributed by atoms with Crippen LogP contribution in [0.2, 0.25) is 0 Å². The summed E-state index contributed by atoms with van der Waals surface area (Å²) in [6.07, 6.45) is 0. The van der Waals surface area contributed by atoms with Gasteiger partial charge in [0.25, 0.3) is 0 Å². The molecule has 0 saturated carbocycles. The average molecular weight is 264 g/mol. The first kappa shape index (κ1) is 6.60. The van der Waals surface area contributed by atoms with E-state index >= 15 is 0 Å². The van der Waals surface area contributed by atoms with Gasteiger partial charge in [-0.15, -0.1) is 11.3 Å². The summed E-state index contributed by atoms with van der Waals surface area (Å²) in [6.45, 7) is 2.11. The lowest BCUT2D eigenvalue weighted by molar-refractivity contribution is 1.09. The van der Waals surface area contributed by atoms with Crippen molar-refractivity contribution in [1.82, 2.24) is 10.2 Å². The van der Waals surface area contributed by atoms with E-state index in [0.717, 1.165) is 9.22 Å². The molecule has 0 aliphatic rings. The molecule has 0 amide bonds. The van der Waals surface area contributed by atoms with Crippen molar-refractivity contribution in [1.29, 1.82) is 0 Å². The smallest absolute Gasteiger partial charge is 0.140 e. The number of thiophene rings is 1. The second kappa shape index (κ2) is 2.20. The van der Waals surface area contributed by atoms with E-state index in [1.165, 1.54) is 9.58 Å². The maximum Gasteiger partial charge on any atom is 0.140 e. The van der Waals surface area contributed by atoms with Gasteiger partial charge in [0, 0.05) is 4.88 Å². The molecule has 0 bridgehead atoms. The van der Waals surface area contributed by atoms with Gasteiger partial charge in [0.05, 0.1) is 10.2 Å². The van der Waals surface area contributed by atoms with Crippen molar-refractivity contribution >= 4 is 44.1 Å². The van der Waals surface area contributed by atoms with Crippen molar-refractivity contribution in [2.75, 3.05) is 0 Å². The van der Waals surface area contributed by atoms with Crippen LogP contribution in [0.25, 0.3) is 10.2 Å². The number of H-pyrrole nitrogens is 1. The zero-order chi connectivity index (χ0) is 7.14. The average Bonchev–Trinajstić information content (AvgIpc) is 2.35. The molecule has 2 aromatic heterocycles. The summed E-state index contributed by atoms with van der Waals surface area (Å²) in [5.74, 6) is 0. The van der Waals surface area contributed by atoms with Gasteiger partial charge in [0.1, 0.15) is 3.70 Å². The van der Waals surface area contributed by atoms with E-state index in [2.05, 4.69) is 45.8 Å². The van der Waals surface area contributed by atoms with Gasteiger partial charge in [-0.2, -0.15) is 5.10 Å². The Bertz CT molecular complexity index is 363. The van der Waals surface area contributed by atoms with Crippen molar-refractivity contribution in [2.24, 2.45) is 0 Å². The molecule has 2 rings (SSSR count). The Balaban J connectivity index is 2.90. The van der Waals surface area contributed by atoms with Crippen LogP contribution in [0.3, 0.4) is 0 Å². The van der Waals surface area contributed by atoms with Crippen LogP contribution < -0.4 is 0 Å². The molecule has 2 aromatic rings. The Morgan fingerprint density at radius 2 is 2.50 bits per heavy atom. The fourth-order valence-electron chi connectivity index (χ4n) is 0.911. The predicted molar refractivity (Wildman–Crippen MR) is 51.4 cm³/mol. The Morgan fingerprint density at radius 1 is 1.70 bits per heavy atom. The molecule has 0 atom stereocenters. The van der Waals surface area contributed by atoms with E-state index in [-0.39, 0.29) is 0 Å². The molecule has 1 N–H and O–H groups in total. The van der Waals surface area contributed by atoms with Crippen molar-refractivity contribution in [3.63, 3.8) is 0 Å². The maximum absolute atomic E-state index is 4.07. The summed E-state index contributed by atoms with van der Waals surface area (Å²) in [5.41, 5.74) is 1.16. The first-order chi connectivity index (χ1) is 4.77. The van der Waals surface area contributed by atoms with E-state index in [0.29, 0.717) is 0 Å². The molecule has 2 heterocycles. The highest BCUT2D eigenvalue weighted by molar-refractivity contribution is 14.1. The number of hydrogen-bond donors (Lipinski definition) is 1. The third-order valence-corrected chi connectivity index (χ3v) is 3.52. The molecule has 0 spiro atoms. The quantitative estimate of drug-likeness (QED) is 0.728. The first-order valence-corrected chi connectivity index (χ1v) is 4.77. The summed E-state index contributed by atoms with van der Waals surface area (Å²) in [7, 11) is 0. The zero-order valence-corrected chi connectivity index (χ0v) is 8.28. The first-order valence-electron chi connectivity index (χ1n) is 2.87. The lowest BCUT2D eigenvalue weighted by Crippen LogP contribution is -1.67. The van der Waals surface area contributed by atoms with Crippen LogP contribution in [-0.4, -0.2) is 10.2 Å². The standard InChI is InChI=1S/C6H5IN2S/c1-3-2-4-5(10-3)6(7)9-8-4/h2H,1H3,(H,8,9). The van der Waals surface area contributed by atoms with Crippen LogP contribution in [0.15, 0.2) is 6.07 Å².